The van der Waals surface area contributed by atoms with Gasteiger partial charge in [-0.3, -0.25) is 0 Å². The van der Waals surface area contributed by atoms with Crippen LogP contribution >= 0.6 is 0 Å². The maximum absolute atomic E-state index is 10.7. The molecule has 3 atom stereocenters. The Morgan fingerprint density at radius 1 is 1.29 bits per heavy atom. The first kappa shape index (κ1) is 10.2. The molecular weight excluding hydrogens is 172 g/mol. The zero-order chi connectivity index (χ0) is 10.0. The summed E-state index contributed by atoms with van der Waals surface area (Å²) < 4.78 is 0. The van der Waals surface area contributed by atoms with Crippen molar-refractivity contribution in [2.45, 2.75) is 57.5 Å². The smallest absolute Gasteiger partial charge is 0.0684 e. The van der Waals surface area contributed by atoms with Gasteiger partial charge in [0.05, 0.1) is 5.60 Å². The predicted octanol–water partition coefficient (Wildman–Crippen LogP) is 3.28. The van der Waals surface area contributed by atoms with Gasteiger partial charge in [-0.05, 0) is 37.5 Å². The van der Waals surface area contributed by atoms with Crippen molar-refractivity contribution in [3.8, 4) is 0 Å². The Balaban J connectivity index is 2.15. The van der Waals surface area contributed by atoms with Gasteiger partial charge in [-0.25, -0.2) is 0 Å². The molecule has 0 aromatic carbocycles. The molecule has 2 aliphatic rings. The van der Waals surface area contributed by atoms with E-state index in [0.29, 0.717) is 11.8 Å². The van der Waals surface area contributed by atoms with E-state index in [0.717, 1.165) is 19.3 Å². The third kappa shape index (κ3) is 2.03. The van der Waals surface area contributed by atoms with E-state index in [1.165, 1.54) is 25.7 Å². The molecule has 0 heterocycles. The number of rotatable bonds is 0. The van der Waals surface area contributed by atoms with E-state index in [1.54, 1.807) is 0 Å². The number of hydrogen-bond acceptors (Lipinski definition) is 1. The van der Waals surface area contributed by atoms with Crippen molar-refractivity contribution in [1.82, 2.24) is 0 Å². The van der Waals surface area contributed by atoms with Crippen molar-refractivity contribution >= 4 is 0 Å². The van der Waals surface area contributed by atoms with Gasteiger partial charge in [-0.1, -0.05) is 38.3 Å². The second-order valence-corrected chi connectivity index (χ2v) is 5.25. The van der Waals surface area contributed by atoms with E-state index in [2.05, 4.69) is 19.1 Å². The van der Waals surface area contributed by atoms with Crippen LogP contribution in [0.25, 0.3) is 0 Å². The van der Waals surface area contributed by atoms with Crippen LogP contribution in [-0.4, -0.2) is 10.7 Å². The molecule has 1 saturated carbocycles. The van der Waals surface area contributed by atoms with Crippen LogP contribution in [0.2, 0.25) is 0 Å². The Hall–Kier alpha value is -0.300. The standard InChI is InChI=1S/C13H22O/c1-11-6-5-8-12-7-3-2-4-9-13(12,14)10-11/h5-6,11-12,14H,2-4,7-10H2,1H3/t11-,12+,13+/m1/s1. The molecule has 0 aromatic heterocycles. The third-order valence-corrected chi connectivity index (χ3v) is 3.98. The summed E-state index contributed by atoms with van der Waals surface area (Å²) in [4.78, 5) is 0. The van der Waals surface area contributed by atoms with Gasteiger partial charge in [0.15, 0.2) is 0 Å². The number of aliphatic hydroxyl groups is 1. The fourth-order valence-corrected chi connectivity index (χ4v) is 3.18. The Morgan fingerprint density at radius 2 is 2.14 bits per heavy atom. The normalized spacial score (nSPS) is 43.9. The van der Waals surface area contributed by atoms with Gasteiger partial charge in [-0.15, -0.1) is 0 Å². The fraction of sp³-hybridized carbons (Fsp3) is 0.846. The first-order chi connectivity index (χ1) is 6.71. The minimum atomic E-state index is -0.348. The van der Waals surface area contributed by atoms with Crippen LogP contribution in [0.4, 0.5) is 0 Å². The van der Waals surface area contributed by atoms with Crippen molar-refractivity contribution in [3.63, 3.8) is 0 Å². The lowest BCUT2D eigenvalue weighted by Gasteiger charge is -2.34. The molecule has 0 aromatic rings. The van der Waals surface area contributed by atoms with Crippen molar-refractivity contribution in [3.05, 3.63) is 12.2 Å². The monoisotopic (exact) mass is 194 g/mol. The van der Waals surface area contributed by atoms with Gasteiger partial charge in [0.2, 0.25) is 0 Å². The van der Waals surface area contributed by atoms with Crippen molar-refractivity contribution in [1.29, 1.82) is 0 Å². The highest BCUT2D eigenvalue weighted by Gasteiger charge is 2.38. The van der Waals surface area contributed by atoms with Gasteiger partial charge in [0.1, 0.15) is 0 Å². The summed E-state index contributed by atoms with van der Waals surface area (Å²) in [6.07, 6.45) is 12.8. The third-order valence-electron chi connectivity index (χ3n) is 3.98. The summed E-state index contributed by atoms with van der Waals surface area (Å²) in [5.41, 5.74) is -0.348. The minimum Gasteiger partial charge on any atom is -0.390 e. The van der Waals surface area contributed by atoms with Gasteiger partial charge in [-0.2, -0.15) is 0 Å². The summed E-state index contributed by atoms with van der Waals surface area (Å²) in [7, 11) is 0. The Labute approximate surface area is 87.2 Å². The lowest BCUT2D eigenvalue weighted by Crippen LogP contribution is -2.37. The van der Waals surface area contributed by atoms with Crippen LogP contribution in [0.3, 0.4) is 0 Å². The van der Waals surface area contributed by atoms with Crippen LogP contribution < -0.4 is 0 Å². The number of hydrogen-bond donors (Lipinski definition) is 1. The maximum atomic E-state index is 10.7. The van der Waals surface area contributed by atoms with Gasteiger partial charge in [0, 0.05) is 0 Å². The van der Waals surface area contributed by atoms with E-state index in [9.17, 15) is 5.11 Å². The zero-order valence-corrected chi connectivity index (χ0v) is 9.21. The molecule has 1 heteroatoms. The van der Waals surface area contributed by atoms with E-state index < -0.39 is 0 Å². The first-order valence-electron chi connectivity index (χ1n) is 6.10. The first-order valence-corrected chi connectivity index (χ1v) is 6.10. The molecular formula is C13H22O. The van der Waals surface area contributed by atoms with Gasteiger partial charge in [0.25, 0.3) is 0 Å². The Bertz CT molecular complexity index is 221. The average Bonchev–Trinajstić information content (AvgIpc) is 2.35. The molecule has 2 aliphatic carbocycles. The van der Waals surface area contributed by atoms with Crippen molar-refractivity contribution < 1.29 is 5.11 Å². The van der Waals surface area contributed by atoms with Crippen LogP contribution in [0.1, 0.15) is 51.9 Å². The topological polar surface area (TPSA) is 20.2 Å². The van der Waals surface area contributed by atoms with E-state index >= 15 is 0 Å². The summed E-state index contributed by atoms with van der Waals surface area (Å²) in [6.45, 7) is 2.22. The van der Waals surface area contributed by atoms with Crippen LogP contribution in [-0.2, 0) is 0 Å². The minimum absolute atomic E-state index is 0.348. The summed E-state index contributed by atoms with van der Waals surface area (Å²) in [5, 5.41) is 10.7. The number of allylic oxidation sites excluding steroid dienone is 2. The summed E-state index contributed by atoms with van der Waals surface area (Å²) in [5.74, 6) is 1.09. The molecule has 0 spiro atoms. The molecule has 0 unspecified atom stereocenters. The van der Waals surface area contributed by atoms with Crippen molar-refractivity contribution in [2.24, 2.45) is 11.8 Å². The van der Waals surface area contributed by atoms with E-state index in [1.807, 2.05) is 0 Å². The molecule has 1 N–H and O–H groups in total. The molecule has 0 radical (unpaired) electrons. The highest BCUT2D eigenvalue weighted by atomic mass is 16.3. The second kappa shape index (κ2) is 4.06. The predicted molar refractivity (Wildman–Crippen MR) is 59.1 cm³/mol. The lowest BCUT2D eigenvalue weighted by atomic mass is 9.78. The largest absolute Gasteiger partial charge is 0.390 e. The van der Waals surface area contributed by atoms with E-state index in [-0.39, 0.29) is 5.60 Å². The summed E-state index contributed by atoms with van der Waals surface area (Å²) >= 11 is 0. The highest BCUT2D eigenvalue weighted by Crippen LogP contribution is 2.41. The zero-order valence-electron chi connectivity index (χ0n) is 9.21. The van der Waals surface area contributed by atoms with Crippen LogP contribution in [0.5, 0.6) is 0 Å². The SMILES string of the molecule is C[C@@H]1C=CC[C@@H]2CCCCC[C@]2(O)C1. The number of fused-ring (bicyclic) bond motifs is 1. The highest BCUT2D eigenvalue weighted by molar-refractivity contribution is 5.02. The van der Waals surface area contributed by atoms with E-state index in [4.69, 9.17) is 0 Å². The molecule has 80 valence electrons. The average molecular weight is 194 g/mol. The Kier molecular flexibility index (Phi) is 2.96. The van der Waals surface area contributed by atoms with Crippen LogP contribution in [0, 0.1) is 11.8 Å². The molecule has 14 heavy (non-hydrogen) atoms. The molecule has 2 rings (SSSR count). The second-order valence-electron chi connectivity index (χ2n) is 5.25. The quantitative estimate of drug-likeness (QED) is 0.587. The van der Waals surface area contributed by atoms with Crippen LogP contribution in [0.15, 0.2) is 12.2 Å². The van der Waals surface area contributed by atoms with Gasteiger partial charge >= 0.3 is 0 Å². The summed E-state index contributed by atoms with van der Waals surface area (Å²) in [6, 6.07) is 0. The van der Waals surface area contributed by atoms with Crippen molar-refractivity contribution in [2.75, 3.05) is 0 Å². The molecule has 1 fully saturated rings. The lowest BCUT2D eigenvalue weighted by molar-refractivity contribution is -0.0357. The molecule has 1 nitrogen and oxygen atoms in total. The molecule has 0 bridgehead atoms. The maximum Gasteiger partial charge on any atom is 0.0684 e. The molecule has 0 amide bonds. The fourth-order valence-electron chi connectivity index (χ4n) is 3.18. The molecule has 0 saturated heterocycles. The Morgan fingerprint density at radius 3 is 3.00 bits per heavy atom. The van der Waals surface area contributed by atoms with Gasteiger partial charge < -0.3 is 5.11 Å². The molecule has 0 aliphatic heterocycles.